The lowest BCUT2D eigenvalue weighted by molar-refractivity contribution is 0.121. The summed E-state index contributed by atoms with van der Waals surface area (Å²) < 4.78 is 0. The van der Waals surface area contributed by atoms with Crippen molar-refractivity contribution in [3.05, 3.63) is 30.1 Å². The molecule has 2 heterocycles. The van der Waals surface area contributed by atoms with Gasteiger partial charge in [0.2, 0.25) is 0 Å². The average molecular weight is 233 g/mol. The molecular formula is C14H23N3. The van der Waals surface area contributed by atoms with Crippen molar-refractivity contribution in [1.82, 2.24) is 15.2 Å². The number of nitrogens with one attached hydrogen (secondary N) is 1. The summed E-state index contributed by atoms with van der Waals surface area (Å²) in [6, 6.07) is 5.43. The maximum atomic E-state index is 4.15. The molecule has 1 aromatic heterocycles. The van der Waals surface area contributed by atoms with Crippen LogP contribution in [0.3, 0.4) is 0 Å². The van der Waals surface area contributed by atoms with Gasteiger partial charge in [0.1, 0.15) is 0 Å². The van der Waals surface area contributed by atoms with Crippen LogP contribution in [0.5, 0.6) is 0 Å². The van der Waals surface area contributed by atoms with Crippen molar-refractivity contribution in [3.63, 3.8) is 0 Å². The van der Waals surface area contributed by atoms with Crippen LogP contribution in [-0.2, 0) is 6.54 Å². The molecule has 0 aliphatic carbocycles. The van der Waals surface area contributed by atoms with Crippen LogP contribution in [0.25, 0.3) is 0 Å². The van der Waals surface area contributed by atoms with Gasteiger partial charge in [-0.05, 0) is 37.9 Å². The first-order chi connectivity index (χ1) is 8.16. The molecule has 1 aromatic rings. The van der Waals surface area contributed by atoms with Gasteiger partial charge in [0, 0.05) is 37.6 Å². The van der Waals surface area contributed by atoms with Crippen LogP contribution >= 0.6 is 0 Å². The predicted molar refractivity (Wildman–Crippen MR) is 70.7 cm³/mol. The molecule has 0 radical (unpaired) electrons. The zero-order valence-electron chi connectivity index (χ0n) is 11.1. The van der Waals surface area contributed by atoms with Crippen molar-refractivity contribution in [3.8, 4) is 0 Å². The molecule has 17 heavy (non-hydrogen) atoms. The second-order valence-corrected chi connectivity index (χ2v) is 5.35. The van der Waals surface area contributed by atoms with Crippen molar-refractivity contribution < 1.29 is 0 Å². The van der Waals surface area contributed by atoms with Gasteiger partial charge in [-0.1, -0.05) is 13.0 Å². The van der Waals surface area contributed by atoms with E-state index in [0.29, 0.717) is 18.0 Å². The predicted octanol–water partition coefficient (Wildman–Crippen LogP) is 1.90. The minimum absolute atomic E-state index is 0.626. The number of hydrogen-bond acceptors (Lipinski definition) is 3. The van der Waals surface area contributed by atoms with Crippen LogP contribution in [0.15, 0.2) is 24.5 Å². The Bertz CT molecular complexity index is 339. The lowest BCUT2D eigenvalue weighted by atomic mass is 9.90. The second kappa shape index (κ2) is 5.61. The molecule has 3 nitrogen and oxygen atoms in total. The van der Waals surface area contributed by atoms with Crippen LogP contribution in [0.4, 0.5) is 0 Å². The molecule has 0 amide bonds. The van der Waals surface area contributed by atoms with Gasteiger partial charge in [-0.3, -0.25) is 4.98 Å². The smallest absolute Gasteiger partial charge is 0.0312 e. The van der Waals surface area contributed by atoms with Crippen LogP contribution in [-0.4, -0.2) is 35.6 Å². The number of rotatable bonds is 3. The number of nitrogens with zero attached hydrogens (tertiary/aromatic N) is 2. The summed E-state index contributed by atoms with van der Waals surface area (Å²) >= 11 is 0. The highest BCUT2D eigenvalue weighted by molar-refractivity contribution is 5.08. The molecule has 1 fully saturated rings. The highest BCUT2D eigenvalue weighted by atomic mass is 15.2. The standard InChI is InChI=1S/C14H23N3/c1-11-10-17(3)12(2)7-14(11)16-9-13-5-4-6-15-8-13/h4-6,8,11-12,14,16H,7,9-10H2,1-3H3. The van der Waals surface area contributed by atoms with Crippen molar-refractivity contribution in [2.24, 2.45) is 5.92 Å². The van der Waals surface area contributed by atoms with Gasteiger partial charge in [0.25, 0.3) is 0 Å². The Labute approximate surface area is 104 Å². The summed E-state index contributed by atoms with van der Waals surface area (Å²) in [7, 11) is 2.22. The molecule has 3 atom stereocenters. The number of likely N-dealkylation sites (tertiary alicyclic amines) is 1. The van der Waals surface area contributed by atoms with E-state index in [9.17, 15) is 0 Å². The summed E-state index contributed by atoms with van der Waals surface area (Å²) in [5.41, 5.74) is 1.27. The SMILES string of the molecule is CC1CN(C)C(C)CC1NCc1cccnc1. The number of pyridine rings is 1. The van der Waals surface area contributed by atoms with Crippen molar-refractivity contribution in [2.75, 3.05) is 13.6 Å². The first-order valence-corrected chi connectivity index (χ1v) is 6.49. The van der Waals surface area contributed by atoms with Gasteiger partial charge in [-0.25, -0.2) is 0 Å². The topological polar surface area (TPSA) is 28.2 Å². The Morgan fingerprint density at radius 2 is 2.29 bits per heavy atom. The normalized spacial score (nSPS) is 30.4. The third kappa shape index (κ3) is 3.27. The molecule has 1 N–H and O–H groups in total. The summed E-state index contributed by atoms with van der Waals surface area (Å²) in [5.74, 6) is 0.716. The molecule has 94 valence electrons. The molecular weight excluding hydrogens is 210 g/mol. The lowest BCUT2D eigenvalue weighted by Gasteiger charge is -2.40. The molecule has 0 saturated carbocycles. The van der Waals surface area contributed by atoms with Crippen molar-refractivity contribution >= 4 is 0 Å². The molecule has 1 aliphatic rings. The lowest BCUT2D eigenvalue weighted by Crippen LogP contribution is -2.50. The van der Waals surface area contributed by atoms with Crippen molar-refractivity contribution in [2.45, 2.75) is 38.9 Å². The Balaban J connectivity index is 1.87. The summed E-state index contributed by atoms with van der Waals surface area (Å²) in [4.78, 5) is 6.60. The highest BCUT2D eigenvalue weighted by Gasteiger charge is 2.28. The molecule has 0 bridgehead atoms. The fraction of sp³-hybridized carbons (Fsp3) is 0.643. The first kappa shape index (κ1) is 12.5. The van der Waals surface area contributed by atoms with Gasteiger partial charge in [0.15, 0.2) is 0 Å². The largest absolute Gasteiger partial charge is 0.309 e. The molecule has 3 unspecified atom stereocenters. The van der Waals surface area contributed by atoms with E-state index in [1.165, 1.54) is 18.5 Å². The minimum Gasteiger partial charge on any atom is -0.309 e. The van der Waals surface area contributed by atoms with Crippen LogP contribution < -0.4 is 5.32 Å². The Morgan fingerprint density at radius 3 is 3.00 bits per heavy atom. The van der Waals surface area contributed by atoms with E-state index in [1.807, 2.05) is 18.5 Å². The van der Waals surface area contributed by atoms with Crippen LogP contribution in [0.2, 0.25) is 0 Å². The second-order valence-electron chi connectivity index (χ2n) is 5.35. The molecule has 1 aliphatic heterocycles. The monoisotopic (exact) mass is 233 g/mol. The van der Waals surface area contributed by atoms with Gasteiger partial charge < -0.3 is 10.2 Å². The molecule has 0 aromatic carbocycles. The highest BCUT2D eigenvalue weighted by Crippen LogP contribution is 2.20. The molecule has 3 heteroatoms. The zero-order valence-corrected chi connectivity index (χ0v) is 11.1. The number of aromatic nitrogens is 1. The van der Waals surface area contributed by atoms with Gasteiger partial charge in [0.05, 0.1) is 0 Å². The first-order valence-electron chi connectivity index (χ1n) is 6.49. The number of piperidine rings is 1. The maximum Gasteiger partial charge on any atom is 0.0312 e. The van der Waals surface area contributed by atoms with E-state index in [0.717, 1.165) is 6.54 Å². The summed E-state index contributed by atoms with van der Waals surface area (Å²) in [6.07, 6.45) is 5.00. The third-order valence-corrected chi connectivity index (χ3v) is 3.90. The minimum atomic E-state index is 0.626. The van der Waals surface area contributed by atoms with Crippen molar-refractivity contribution in [1.29, 1.82) is 0 Å². The fourth-order valence-electron chi connectivity index (χ4n) is 2.58. The molecule has 1 saturated heterocycles. The van der Waals surface area contributed by atoms with E-state index in [2.05, 4.69) is 42.2 Å². The number of hydrogen-bond donors (Lipinski definition) is 1. The van der Waals surface area contributed by atoms with Gasteiger partial charge in [-0.15, -0.1) is 0 Å². The Morgan fingerprint density at radius 1 is 1.47 bits per heavy atom. The molecule has 0 spiro atoms. The Hall–Kier alpha value is -0.930. The Kier molecular flexibility index (Phi) is 4.13. The van der Waals surface area contributed by atoms with Gasteiger partial charge in [-0.2, -0.15) is 0 Å². The summed E-state index contributed by atoms with van der Waals surface area (Å²) in [5, 5.41) is 3.67. The van der Waals surface area contributed by atoms with E-state index >= 15 is 0 Å². The fourth-order valence-corrected chi connectivity index (χ4v) is 2.58. The van der Waals surface area contributed by atoms with E-state index in [1.54, 1.807) is 0 Å². The van der Waals surface area contributed by atoms with E-state index in [4.69, 9.17) is 0 Å². The third-order valence-electron chi connectivity index (χ3n) is 3.90. The van der Waals surface area contributed by atoms with Crippen LogP contribution in [0, 0.1) is 5.92 Å². The maximum absolute atomic E-state index is 4.15. The average Bonchev–Trinajstić information content (AvgIpc) is 2.33. The van der Waals surface area contributed by atoms with E-state index in [-0.39, 0.29) is 0 Å². The zero-order chi connectivity index (χ0) is 12.3. The quantitative estimate of drug-likeness (QED) is 0.864. The molecule has 2 rings (SSSR count). The summed E-state index contributed by atoms with van der Waals surface area (Å²) in [6.45, 7) is 6.76. The van der Waals surface area contributed by atoms with E-state index < -0.39 is 0 Å². The van der Waals surface area contributed by atoms with Gasteiger partial charge >= 0.3 is 0 Å². The van der Waals surface area contributed by atoms with Crippen LogP contribution in [0.1, 0.15) is 25.8 Å².